The fraction of sp³-hybridized carbons (Fsp3) is 0.167. The van der Waals surface area contributed by atoms with Crippen LogP contribution in [0.4, 0.5) is 0 Å². The standard InChI is InChI=1S/C12H14S/c1-2-10-13-11-6-9-12-7-4-3-5-8-12/h2-9H,1,10-11H2/b9-6+. The van der Waals surface area contributed by atoms with Gasteiger partial charge in [0.25, 0.3) is 0 Å². The van der Waals surface area contributed by atoms with E-state index in [0.29, 0.717) is 0 Å². The van der Waals surface area contributed by atoms with Crippen molar-refractivity contribution in [3.63, 3.8) is 0 Å². The summed E-state index contributed by atoms with van der Waals surface area (Å²) in [5.41, 5.74) is 1.27. The Morgan fingerprint density at radius 1 is 1.15 bits per heavy atom. The molecule has 1 aromatic rings. The Bertz CT molecular complexity index is 262. The molecule has 0 aromatic heterocycles. The van der Waals surface area contributed by atoms with Gasteiger partial charge in [0.15, 0.2) is 0 Å². The van der Waals surface area contributed by atoms with Crippen LogP contribution in [0.1, 0.15) is 5.56 Å². The van der Waals surface area contributed by atoms with Crippen LogP contribution < -0.4 is 0 Å². The van der Waals surface area contributed by atoms with Gasteiger partial charge in [-0.3, -0.25) is 0 Å². The summed E-state index contributed by atoms with van der Waals surface area (Å²) in [6.07, 6.45) is 6.26. The van der Waals surface area contributed by atoms with Crippen LogP contribution >= 0.6 is 11.8 Å². The van der Waals surface area contributed by atoms with Gasteiger partial charge in [-0.25, -0.2) is 0 Å². The molecule has 0 N–H and O–H groups in total. The van der Waals surface area contributed by atoms with E-state index in [9.17, 15) is 0 Å². The summed E-state index contributed by atoms with van der Waals surface area (Å²) < 4.78 is 0. The van der Waals surface area contributed by atoms with E-state index in [0.717, 1.165) is 11.5 Å². The third kappa shape index (κ3) is 4.58. The Kier molecular flexibility index (Phi) is 5.11. The van der Waals surface area contributed by atoms with Crippen LogP contribution in [0.2, 0.25) is 0 Å². The van der Waals surface area contributed by atoms with E-state index >= 15 is 0 Å². The topological polar surface area (TPSA) is 0 Å². The fourth-order valence-electron chi connectivity index (χ4n) is 0.968. The van der Waals surface area contributed by atoms with Crippen LogP contribution in [0.15, 0.2) is 49.1 Å². The van der Waals surface area contributed by atoms with Gasteiger partial charge in [0, 0.05) is 11.5 Å². The molecule has 0 fully saturated rings. The van der Waals surface area contributed by atoms with Gasteiger partial charge < -0.3 is 0 Å². The van der Waals surface area contributed by atoms with Crippen LogP contribution in [-0.2, 0) is 0 Å². The highest BCUT2D eigenvalue weighted by atomic mass is 32.2. The minimum absolute atomic E-state index is 1.03. The molecule has 68 valence electrons. The smallest absolute Gasteiger partial charge is 0.0119 e. The predicted molar refractivity (Wildman–Crippen MR) is 63.0 cm³/mol. The highest BCUT2D eigenvalue weighted by molar-refractivity contribution is 7.99. The van der Waals surface area contributed by atoms with Crippen LogP contribution in [0.25, 0.3) is 6.08 Å². The molecule has 0 aliphatic heterocycles. The van der Waals surface area contributed by atoms with Crippen molar-refractivity contribution in [1.29, 1.82) is 0 Å². The zero-order valence-electron chi connectivity index (χ0n) is 7.65. The molecule has 0 nitrogen and oxygen atoms in total. The van der Waals surface area contributed by atoms with Crippen LogP contribution in [0.5, 0.6) is 0 Å². The molecule has 0 amide bonds. The molecule has 0 aliphatic carbocycles. The molecule has 0 unspecified atom stereocenters. The minimum Gasteiger partial charge on any atom is -0.154 e. The van der Waals surface area contributed by atoms with Crippen molar-refractivity contribution in [2.75, 3.05) is 11.5 Å². The zero-order valence-corrected chi connectivity index (χ0v) is 8.46. The monoisotopic (exact) mass is 190 g/mol. The Labute approximate surface area is 84.4 Å². The molecule has 1 aromatic carbocycles. The van der Waals surface area contributed by atoms with Crippen molar-refractivity contribution in [1.82, 2.24) is 0 Å². The second-order valence-corrected chi connectivity index (χ2v) is 3.71. The SMILES string of the molecule is C=CCSC/C=C/c1ccccc1. The fourth-order valence-corrected chi connectivity index (χ4v) is 1.50. The van der Waals surface area contributed by atoms with Crippen molar-refractivity contribution in [2.24, 2.45) is 0 Å². The Morgan fingerprint density at radius 2 is 1.92 bits per heavy atom. The van der Waals surface area contributed by atoms with E-state index in [2.05, 4.69) is 43.0 Å². The van der Waals surface area contributed by atoms with Gasteiger partial charge in [-0.2, -0.15) is 11.8 Å². The molecule has 0 bridgehead atoms. The third-order valence-electron chi connectivity index (χ3n) is 1.56. The van der Waals surface area contributed by atoms with Crippen molar-refractivity contribution < 1.29 is 0 Å². The van der Waals surface area contributed by atoms with Gasteiger partial charge in [0.1, 0.15) is 0 Å². The van der Waals surface area contributed by atoms with Gasteiger partial charge in [0.05, 0.1) is 0 Å². The summed E-state index contributed by atoms with van der Waals surface area (Å²) in [5, 5.41) is 0. The number of benzene rings is 1. The molecule has 0 radical (unpaired) electrons. The number of thioether (sulfide) groups is 1. The summed E-state index contributed by atoms with van der Waals surface area (Å²) in [5.74, 6) is 2.08. The minimum atomic E-state index is 1.03. The highest BCUT2D eigenvalue weighted by Crippen LogP contribution is 2.04. The van der Waals surface area contributed by atoms with Gasteiger partial charge in [-0.1, -0.05) is 48.6 Å². The summed E-state index contributed by atoms with van der Waals surface area (Å²) >= 11 is 1.87. The molecule has 0 spiro atoms. The first-order valence-corrected chi connectivity index (χ1v) is 5.49. The van der Waals surface area contributed by atoms with E-state index in [4.69, 9.17) is 0 Å². The maximum Gasteiger partial charge on any atom is 0.0119 e. The molecule has 0 atom stereocenters. The van der Waals surface area contributed by atoms with Crippen LogP contribution in [0, 0.1) is 0 Å². The lowest BCUT2D eigenvalue weighted by atomic mass is 10.2. The van der Waals surface area contributed by atoms with Crippen molar-refractivity contribution in [3.8, 4) is 0 Å². The second-order valence-electron chi connectivity index (χ2n) is 2.64. The Morgan fingerprint density at radius 3 is 2.62 bits per heavy atom. The lowest BCUT2D eigenvalue weighted by Crippen LogP contribution is -1.74. The lowest BCUT2D eigenvalue weighted by molar-refractivity contribution is 1.64. The van der Waals surface area contributed by atoms with E-state index in [1.807, 2.05) is 23.9 Å². The summed E-state index contributed by atoms with van der Waals surface area (Å²) in [7, 11) is 0. The van der Waals surface area contributed by atoms with Crippen LogP contribution in [0.3, 0.4) is 0 Å². The molecule has 13 heavy (non-hydrogen) atoms. The molecule has 1 rings (SSSR count). The first kappa shape index (κ1) is 10.1. The summed E-state index contributed by atoms with van der Waals surface area (Å²) in [6.45, 7) is 3.67. The molecule has 0 saturated heterocycles. The largest absolute Gasteiger partial charge is 0.154 e. The number of hydrogen-bond acceptors (Lipinski definition) is 1. The molecule has 0 heterocycles. The van der Waals surface area contributed by atoms with E-state index in [1.54, 1.807) is 0 Å². The van der Waals surface area contributed by atoms with Gasteiger partial charge in [0.2, 0.25) is 0 Å². The summed E-state index contributed by atoms with van der Waals surface area (Å²) in [6, 6.07) is 10.3. The second kappa shape index (κ2) is 6.55. The summed E-state index contributed by atoms with van der Waals surface area (Å²) in [4.78, 5) is 0. The average Bonchev–Trinajstić information content (AvgIpc) is 2.19. The zero-order chi connectivity index (χ0) is 9.36. The number of rotatable bonds is 5. The molecule has 0 saturated carbocycles. The van der Waals surface area contributed by atoms with E-state index in [-0.39, 0.29) is 0 Å². The van der Waals surface area contributed by atoms with Crippen molar-refractivity contribution in [2.45, 2.75) is 0 Å². The Hall–Kier alpha value is -0.950. The van der Waals surface area contributed by atoms with Crippen LogP contribution in [-0.4, -0.2) is 11.5 Å². The first-order valence-electron chi connectivity index (χ1n) is 4.33. The quantitative estimate of drug-likeness (QED) is 0.505. The van der Waals surface area contributed by atoms with Crippen molar-refractivity contribution >= 4 is 17.8 Å². The maximum atomic E-state index is 3.67. The van der Waals surface area contributed by atoms with Gasteiger partial charge >= 0.3 is 0 Å². The normalized spacial score (nSPS) is 10.5. The van der Waals surface area contributed by atoms with Gasteiger partial charge in [-0.15, -0.1) is 6.58 Å². The Balaban J connectivity index is 2.28. The number of hydrogen-bond donors (Lipinski definition) is 0. The molecule has 1 heteroatoms. The van der Waals surface area contributed by atoms with E-state index < -0.39 is 0 Å². The molecule has 0 aliphatic rings. The van der Waals surface area contributed by atoms with Gasteiger partial charge in [-0.05, 0) is 5.56 Å². The van der Waals surface area contributed by atoms with Crippen molar-refractivity contribution in [3.05, 3.63) is 54.6 Å². The lowest BCUT2D eigenvalue weighted by Gasteiger charge is -1.91. The third-order valence-corrected chi connectivity index (χ3v) is 2.46. The molecular formula is C12H14S. The average molecular weight is 190 g/mol. The highest BCUT2D eigenvalue weighted by Gasteiger charge is 1.82. The van der Waals surface area contributed by atoms with E-state index in [1.165, 1.54) is 5.56 Å². The molecular weight excluding hydrogens is 176 g/mol. The maximum absolute atomic E-state index is 3.67. The predicted octanol–water partition coefficient (Wildman–Crippen LogP) is 3.62. The first-order chi connectivity index (χ1) is 6.43.